The minimum atomic E-state index is -0.520. The van der Waals surface area contributed by atoms with Crippen molar-refractivity contribution in [3.05, 3.63) is 70.3 Å². The van der Waals surface area contributed by atoms with E-state index < -0.39 is 5.82 Å². The fraction of sp³-hybridized carbons (Fsp3) is 0.0625. The molecule has 3 aromatic rings. The second kappa shape index (κ2) is 5.47. The van der Waals surface area contributed by atoms with Crippen molar-refractivity contribution >= 4 is 22.4 Å². The molecule has 0 unspecified atom stereocenters. The van der Waals surface area contributed by atoms with Gasteiger partial charge in [0.25, 0.3) is 0 Å². The highest BCUT2D eigenvalue weighted by Gasteiger charge is 2.09. The molecule has 0 spiro atoms. The lowest BCUT2D eigenvalue weighted by Crippen LogP contribution is -1.98. The van der Waals surface area contributed by atoms with E-state index in [2.05, 4.69) is 10.2 Å². The van der Waals surface area contributed by atoms with E-state index in [1.807, 2.05) is 30.3 Å². The van der Waals surface area contributed by atoms with Crippen LogP contribution in [0.3, 0.4) is 0 Å². The van der Waals surface area contributed by atoms with E-state index in [1.54, 1.807) is 6.07 Å². The zero-order chi connectivity index (χ0) is 14.8. The molecule has 0 saturated heterocycles. The number of fused-ring (bicyclic) bond motifs is 1. The van der Waals surface area contributed by atoms with Gasteiger partial charge in [-0.2, -0.15) is 10.4 Å². The molecule has 0 saturated carbocycles. The summed E-state index contributed by atoms with van der Waals surface area (Å²) in [6, 6.07) is 13.9. The summed E-state index contributed by atoms with van der Waals surface area (Å²) >= 11 is 6.03. The molecule has 0 amide bonds. The predicted molar refractivity (Wildman–Crippen MR) is 78.5 cm³/mol. The monoisotopic (exact) mass is 297 g/mol. The fourth-order valence-electron chi connectivity index (χ4n) is 2.22. The quantitative estimate of drug-likeness (QED) is 0.721. The van der Waals surface area contributed by atoms with E-state index in [0.29, 0.717) is 11.6 Å². The normalized spacial score (nSPS) is 10.5. The summed E-state index contributed by atoms with van der Waals surface area (Å²) in [4.78, 5) is 0. The first-order valence-electron chi connectivity index (χ1n) is 6.27. The summed E-state index contributed by atoms with van der Waals surface area (Å²) in [6.45, 7) is 0. The summed E-state index contributed by atoms with van der Waals surface area (Å²) in [5.74, 6) is -0.520. The second-order valence-corrected chi connectivity index (χ2v) is 4.94. The van der Waals surface area contributed by atoms with Crippen LogP contribution in [0, 0.1) is 17.1 Å². The third-order valence-corrected chi connectivity index (χ3v) is 3.52. The number of nitriles is 1. The van der Waals surface area contributed by atoms with E-state index in [9.17, 15) is 4.39 Å². The van der Waals surface area contributed by atoms with Gasteiger partial charge >= 0.3 is 0 Å². The molecule has 102 valence electrons. The van der Waals surface area contributed by atoms with Gasteiger partial charge in [-0.3, -0.25) is 0 Å². The van der Waals surface area contributed by atoms with Crippen molar-refractivity contribution in [1.82, 2.24) is 10.2 Å². The highest BCUT2D eigenvalue weighted by atomic mass is 35.5. The van der Waals surface area contributed by atoms with Crippen LogP contribution in [-0.4, -0.2) is 10.2 Å². The van der Waals surface area contributed by atoms with E-state index >= 15 is 0 Å². The van der Waals surface area contributed by atoms with E-state index in [-0.39, 0.29) is 5.56 Å². The van der Waals surface area contributed by atoms with Crippen LogP contribution in [0.5, 0.6) is 0 Å². The lowest BCUT2D eigenvalue weighted by atomic mass is 10.0. The van der Waals surface area contributed by atoms with E-state index in [4.69, 9.17) is 16.9 Å². The maximum Gasteiger partial charge on any atom is 0.159 e. The van der Waals surface area contributed by atoms with Gasteiger partial charge in [-0.1, -0.05) is 41.9 Å². The molecule has 1 aromatic heterocycles. The van der Waals surface area contributed by atoms with Gasteiger partial charge in [-0.15, -0.1) is 5.10 Å². The zero-order valence-electron chi connectivity index (χ0n) is 10.8. The molecule has 0 fully saturated rings. The Hall–Kier alpha value is -2.51. The Morgan fingerprint density at radius 1 is 1.10 bits per heavy atom. The van der Waals surface area contributed by atoms with Crippen LogP contribution >= 0.6 is 11.6 Å². The van der Waals surface area contributed by atoms with Crippen LogP contribution < -0.4 is 0 Å². The summed E-state index contributed by atoms with van der Waals surface area (Å²) in [5, 5.41) is 19.0. The van der Waals surface area contributed by atoms with Crippen LogP contribution in [0.4, 0.5) is 4.39 Å². The zero-order valence-corrected chi connectivity index (χ0v) is 11.6. The van der Waals surface area contributed by atoms with Gasteiger partial charge in [0, 0.05) is 17.2 Å². The molecule has 3 rings (SSSR count). The number of halogens is 2. The molecule has 0 aliphatic rings. The Morgan fingerprint density at radius 3 is 2.62 bits per heavy atom. The lowest BCUT2D eigenvalue weighted by molar-refractivity contribution is 0.623. The third kappa shape index (κ3) is 2.56. The van der Waals surface area contributed by atoms with Gasteiger partial charge in [0.1, 0.15) is 11.9 Å². The number of nitrogens with zero attached hydrogens (tertiary/aromatic N) is 3. The molecular formula is C16H9ClFN3. The number of hydrogen-bond donors (Lipinski definition) is 0. The smallest absolute Gasteiger partial charge is 0.159 e. The molecular weight excluding hydrogens is 289 g/mol. The molecule has 21 heavy (non-hydrogen) atoms. The first kappa shape index (κ1) is 13.5. The topological polar surface area (TPSA) is 49.6 Å². The highest BCUT2D eigenvalue weighted by Crippen LogP contribution is 2.24. The molecule has 5 heteroatoms. The number of aromatic nitrogens is 2. The Bertz CT molecular complexity index is 871. The van der Waals surface area contributed by atoms with Crippen LogP contribution in [0.25, 0.3) is 10.8 Å². The van der Waals surface area contributed by atoms with Crippen molar-refractivity contribution in [1.29, 1.82) is 5.26 Å². The van der Waals surface area contributed by atoms with Crippen LogP contribution in [0.2, 0.25) is 5.15 Å². The van der Waals surface area contributed by atoms with Crippen LogP contribution in [-0.2, 0) is 6.42 Å². The van der Waals surface area contributed by atoms with Gasteiger partial charge in [0.05, 0.1) is 11.3 Å². The molecule has 2 aromatic carbocycles. The minimum absolute atomic E-state index is 0.0266. The number of benzene rings is 2. The maximum atomic E-state index is 13.3. The lowest BCUT2D eigenvalue weighted by Gasteiger charge is -2.06. The molecule has 0 bridgehead atoms. The summed E-state index contributed by atoms with van der Waals surface area (Å²) < 4.78 is 13.3. The predicted octanol–water partition coefficient (Wildman–Crippen LogP) is 3.88. The fourth-order valence-corrected chi connectivity index (χ4v) is 2.42. The molecule has 0 aliphatic carbocycles. The van der Waals surface area contributed by atoms with Crippen molar-refractivity contribution < 1.29 is 4.39 Å². The van der Waals surface area contributed by atoms with Crippen molar-refractivity contribution in [2.75, 3.05) is 0 Å². The molecule has 0 atom stereocenters. The minimum Gasteiger partial charge on any atom is -0.206 e. The first-order chi connectivity index (χ1) is 10.2. The molecule has 1 heterocycles. The van der Waals surface area contributed by atoms with Gasteiger partial charge in [0.15, 0.2) is 5.15 Å². The van der Waals surface area contributed by atoms with Gasteiger partial charge in [-0.05, 0) is 17.7 Å². The van der Waals surface area contributed by atoms with Crippen molar-refractivity contribution in [3.63, 3.8) is 0 Å². The Kier molecular flexibility index (Phi) is 3.51. The summed E-state index contributed by atoms with van der Waals surface area (Å²) in [7, 11) is 0. The number of rotatable bonds is 2. The average Bonchev–Trinajstić information content (AvgIpc) is 2.52. The van der Waals surface area contributed by atoms with Gasteiger partial charge in [-0.25, -0.2) is 4.39 Å². The Balaban J connectivity index is 2.07. The summed E-state index contributed by atoms with van der Waals surface area (Å²) in [5.41, 5.74) is 1.57. The van der Waals surface area contributed by atoms with Gasteiger partial charge in [0.2, 0.25) is 0 Å². The molecule has 0 radical (unpaired) electrons. The standard InChI is InChI=1S/C16H9ClFN3/c17-16-13-4-2-1-3-12(13)15(20-21-16)8-10-5-6-14(18)11(7-10)9-19/h1-7H,8H2. The Labute approximate surface area is 125 Å². The third-order valence-electron chi connectivity index (χ3n) is 3.24. The molecule has 0 aliphatic heterocycles. The maximum absolute atomic E-state index is 13.3. The molecule has 0 N–H and O–H groups in total. The van der Waals surface area contributed by atoms with Crippen molar-refractivity contribution in [2.45, 2.75) is 6.42 Å². The average molecular weight is 298 g/mol. The van der Waals surface area contributed by atoms with Crippen LogP contribution in [0.15, 0.2) is 42.5 Å². The largest absolute Gasteiger partial charge is 0.206 e. The first-order valence-corrected chi connectivity index (χ1v) is 6.65. The Morgan fingerprint density at radius 2 is 1.86 bits per heavy atom. The van der Waals surface area contributed by atoms with Gasteiger partial charge < -0.3 is 0 Å². The summed E-state index contributed by atoms with van der Waals surface area (Å²) in [6.07, 6.45) is 0.458. The second-order valence-electron chi connectivity index (χ2n) is 4.59. The highest BCUT2D eigenvalue weighted by molar-refractivity contribution is 6.34. The van der Waals surface area contributed by atoms with E-state index in [0.717, 1.165) is 22.0 Å². The van der Waals surface area contributed by atoms with Crippen molar-refractivity contribution in [3.8, 4) is 6.07 Å². The van der Waals surface area contributed by atoms with Crippen LogP contribution in [0.1, 0.15) is 16.8 Å². The van der Waals surface area contributed by atoms with E-state index in [1.165, 1.54) is 12.1 Å². The SMILES string of the molecule is N#Cc1cc(Cc2nnc(Cl)c3ccccc23)ccc1F. The van der Waals surface area contributed by atoms with Crippen molar-refractivity contribution in [2.24, 2.45) is 0 Å². The number of hydrogen-bond acceptors (Lipinski definition) is 3. The molecule has 3 nitrogen and oxygen atoms in total.